The van der Waals surface area contributed by atoms with E-state index in [9.17, 15) is 19.7 Å². The molecule has 0 saturated heterocycles. The highest BCUT2D eigenvalue weighted by atomic mass is 16.6. The molecule has 8 heteroatoms. The van der Waals surface area contributed by atoms with Crippen LogP contribution in [0, 0.1) is 10.1 Å². The Balaban J connectivity index is 1.74. The SMILES string of the molecule is COC(=O)[C@@H](Cc1cc([N+](=O)[O-])ccc1OC)NC(=O)CC(c1ccccc1)(c1ccccc1)c1ccccc1. The van der Waals surface area contributed by atoms with Crippen LogP contribution in [0.2, 0.25) is 0 Å². The van der Waals surface area contributed by atoms with Gasteiger partial charge in [0.2, 0.25) is 5.91 Å². The highest BCUT2D eigenvalue weighted by Gasteiger charge is 2.39. The van der Waals surface area contributed by atoms with Crippen LogP contribution in [-0.2, 0) is 26.2 Å². The van der Waals surface area contributed by atoms with E-state index in [1.165, 1.54) is 32.4 Å². The number of carbonyl (C=O) groups is 2. The lowest BCUT2D eigenvalue weighted by Gasteiger charge is -2.36. The molecule has 0 unspecified atom stereocenters. The third kappa shape index (κ3) is 6.02. The minimum absolute atomic E-state index is 0.00932. The smallest absolute Gasteiger partial charge is 0.328 e. The van der Waals surface area contributed by atoms with E-state index in [2.05, 4.69) is 5.32 Å². The number of nitro groups is 1. The van der Waals surface area contributed by atoms with Crippen LogP contribution in [0.15, 0.2) is 109 Å². The second-order valence-corrected chi connectivity index (χ2v) is 9.28. The Kier molecular flexibility index (Phi) is 8.91. The molecule has 1 N–H and O–H groups in total. The highest BCUT2D eigenvalue weighted by molar-refractivity contribution is 5.86. The number of nitro benzene ring substituents is 1. The number of hydrogen-bond acceptors (Lipinski definition) is 6. The first-order chi connectivity index (χ1) is 19.4. The monoisotopic (exact) mass is 538 g/mol. The number of non-ortho nitro benzene ring substituents is 1. The van der Waals surface area contributed by atoms with Crippen LogP contribution in [0.3, 0.4) is 0 Å². The van der Waals surface area contributed by atoms with Crippen LogP contribution < -0.4 is 10.1 Å². The van der Waals surface area contributed by atoms with Crippen LogP contribution in [0.1, 0.15) is 28.7 Å². The predicted molar refractivity (Wildman–Crippen MR) is 151 cm³/mol. The van der Waals surface area contributed by atoms with Crippen molar-refractivity contribution in [2.75, 3.05) is 14.2 Å². The molecule has 0 aliphatic heterocycles. The maximum atomic E-state index is 13.9. The first-order valence-corrected chi connectivity index (χ1v) is 12.7. The van der Waals surface area contributed by atoms with Crippen LogP contribution >= 0.6 is 0 Å². The lowest BCUT2D eigenvalue weighted by atomic mass is 9.67. The van der Waals surface area contributed by atoms with E-state index in [-0.39, 0.29) is 18.5 Å². The third-order valence-electron chi connectivity index (χ3n) is 6.95. The van der Waals surface area contributed by atoms with Gasteiger partial charge in [0, 0.05) is 30.5 Å². The number of nitrogens with zero attached hydrogens (tertiary/aromatic N) is 1. The van der Waals surface area contributed by atoms with Crippen molar-refractivity contribution in [2.45, 2.75) is 24.3 Å². The van der Waals surface area contributed by atoms with Crippen molar-refractivity contribution < 1.29 is 24.0 Å². The molecule has 1 atom stereocenters. The minimum atomic E-state index is -1.10. The molecule has 40 heavy (non-hydrogen) atoms. The van der Waals surface area contributed by atoms with Crippen molar-refractivity contribution in [2.24, 2.45) is 0 Å². The molecule has 204 valence electrons. The Labute approximate surface area is 232 Å². The molecule has 0 spiro atoms. The molecule has 4 aromatic rings. The topological polar surface area (TPSA) is 108 Å². The Morgan fingerprint density at radius 2 is 1.32 bits per heavy atom. The van der Waals surface area contributed by atoms with Crippen molar-refractivity contribution in [3.63, 3.8) is 0 Å². The zero-order valence-electron chi connectivity index (χ0n) is 22.3. The van der Waals surface area contributed by atoms with Gasteiger partial charge in [-0.2, -0.15) is 0 Å². The van der Waals surface area contributed by atoms with E-state index in [4.69, 9.17) is 9.47 Å². The van der Waals surface area contributed by atoms with Gasteiger partial charge in [-0.25, -0.2) is 4.79 Å². The molecular weight excluding hydrogens is 508 g/mol. The Bertz CT molecular complexity index is 1360. The fourth-order valence-electron chi connectivity index (χ4n) is 5.05. The van der Waals surface area contributed by atoms with Gasteiger partial charge in [0.15, 0.2) is 0 Å². The summed E-state index contributed by atoms with van der Waals surface area (Å²) < 4.78 is 10.4. The van der Waals surface area contributed by atoms with E-state index >= 15 is 0 Å². The van der Waals surface area contributed by atoms with E-state index < -0.39 is 28.3 Å². The van der Waals surface area contributed by atoms with Gasteiger partial charge in [-0.3, -0.25) is 14.9 Å². The number of ether oxygens (including phenoxy) is 2. The zero-order valence-corrected chi connectivity index (χ0v) is 22.3. The van der Waals surface area contributed by atoms with Crippen molar-refractivity contribution in [1.82, 2.24) is 5.32 Å². The average molecular weight is 539 g/mol. The first kappa shape index (κ1) is 28.0. The van der Waals surface area contributed by atoms with Gasteiger partial charge >= 0.3 is 5.97 Å². The number of esters is 1. The second kappa shape index (κ2) is 12.7. The number of nitrogens with one attached hydrogen (secondary N) is 1. The molecule has 1 amide bonds. The van der Waals surface area contributed by atoms with Crippen LogP contribution in [0.5, 0.6) is 5.75 Å². The largest absolute Gasteiger partial charge is 0.496 e. The van der Waals surface area contributed by atoms with Crippen LogP contribution in [-0.4, -0.2) is 37.1 Å². The molecule has 4 rings (SSSR count). The van der Waals surface area contributed by atoms with E-state index in [1.807, 2.05) is 91.0 Å². The number of hydrogen-bond donors (Lipinski definition) is 1. The normalized spacial score (nSPS) is 11.8. The Morgan fingerprint density at radius 1 is 0.825 bits per heavy atom. The van der Waals surface area contributed by atoms with Gasteiger partial charge in [-0.15, -0.1) is 0 Å². The van der Waals surface area contributed by atoms with Crippen molar-refractivity contribution in [1.29, 1.82) is 0 Å². The third-order valence-corrected chi connectivity index (χ3v) is 6.95. The summed E-state index contributed by atoms with van der Waals surface area (Å²) in [4.78, 5) is 37.6. The summed E-state index contributed by atoms with van der Waals surface area (Å²) in [5.41, 5.74) is 2.12. The molecule has 0 bridgehead atoms. The number of amides is 1. The van der Waals surface area contributed by atoms with Crippen molar-refractivity contribution >= 4 is 17.6 Å². The first-order valence-electron chi connectivity index (χ1n) is 12.7. The van der Waals surface area contributed by atoms with Crippen molar-refractivity contribution in [3.8, 4) is 5.75 Å². The fraction of sp³-hybridized carbons (Fsp3) is 0.188. The molecule has 0 aliphatic carbocycles. The molecule has 4 aromatic carbocycles. The van der Waals surface area contributed by atoms with Crippen LogP contribution in [0.4, 0.5) is 5.69 Å². The molecule has 0 fully saturated rings. The molecule has 0 heterocycles. The minimum Gasteiger partial charge on any atom is -0.496 e. The number of carbonyl (C=O) groups excluding carboxylic acids is 2. The van der Waals surface area contributed by atoms with Gasteiger partial charge in [0.05, 0.1) is 24.6 Å². The molecule has 0 saturated carbocycles. The molecular formula is C32H30N2O6. The zero-order chi connectivity index (χ0) is 28.5. The standard InChI is InChI=1S/C32H30N2O6/c1-39-29-19-18-27(34(37)38)20-23(29)21-28(31(36)40-2)33-30(35)22-32(24-12-6-3-7-13-24,25-14-8-4-9-15-25)26-16-10-5-11-17-26/h3-20,28H,21-22H2,1-2H3,(H,33,35)/t28-/m1/s1. The Hall–Kier alpha value is -4.98. The summed E-state index contributed by atoms with van der Waals surface area (Å²) >= 11 is 0. The highest BCUT2D eigenvalue weighted by Crippen LogP contribution is 2.42. The predicted octanol–water partition coefficient (Wildman–Crippen LogP) is 5.23. The van der Waals surface area contributed by atoms with Crippen molar-refractivity contribution in [3.05, 3.63) is 142 Å². The van der Waals surface area contributed by atoms with Gasteiger partial charge in [-0.05, 0) is 22.8 Å². The van der Waals surface area contributed by atoms with Gasteiger partial charge in [-0.1, -0.05) is 91.0 Å². The molecule has 0 aliphatic rings. The second-order valence-electron chi connectivity index (χ2n) is 9.28. The summed E-state index contributed by atoms with van der Waals surface area (Å²) in [5.74, 6) is -0.705. The lowest BCUT2D eigenvalue weighted by Crippen LogP contribution is -2.46. The summed E-state index contributed by atoms with van der Waals surface area (Å²) in [6.45, 7) is 0. The number of methoxy groups -OCH3 is 2. The maximum Gasteiger partial charge on any atom is 0.328 e. The average Bonchev–Trinajstić information content (AvgIpc) is 3.00. The van der Waals surface area contributed by atoms with E-state index in [0.29, 0.717) is 11.3 Å². The quantitative estimate of drug-likeness (QED) is 0.121. The number of benzene rings is 4. The lowest BCUT2D eigenvalue weighted by molar-refractivity contribution is -0.384. The molecule has 0 radical (unpaired) electrons. The number of rotatable bonds is 11. The summed E-state index contributed by atoms with van der Waals surface area (Å²) in [5, 5.41) is 14.2. The summed E-state index contributed by atoms with van der Waals surface area (Å²) in [6, 6.07) is 32.3. The van der Waals surface area contributed by atoms with Gasteiger partial charge < -0.3 is 14.8 Å². The molecule has 0 aromatic heterocycles. The summed E-state index contributed by atoms with van der Waals surface area (Å²) in [6.07, 6.45) is -0.0666. The Morgan fingerprint density at radius 3 is 1.75 bits per heavy atom. The summed E-state index contributed by atoms with van der Waals surface area (Å²) in [7, 11) is 2.67. The van der Waals surface area contributed by atoms with E-state index in [0.717, 1.165) is 16.7 Å². The van der Waals surface area contributed by atoms with E-state index in [1.54, 1.807) is 0 Å². The fourth-order valence-corrected chi connectivity index (χ4v) is 5.05. The molecule has 8 nitrogen and oxygen atoms in total. The van der Waals surface area contributed by atoms with Gasteiger partial charge in [0.1, 0.15) is 11.8 Å². The van der Waals surface area contributed by atoms with Crippen LogP contribution in [0.25, 0.3) is 0 Å². The van der Waals surface area contributed by atoms with Gasteiger partial charge in [0.25, 0.3) is 5.69 Å². The maximum absolute atomic E-state index is 13.9.